The van der Waals surface area contributed by atoms with Crippen LogP contribution in [0.15, 0.2) is 36.7 Å². The largest absolute Gasteiger partial charge is 0.480 e. The summed E-state index contributed by atoms with van der Waals surface area (Å²) < 4.78 is 5.13. The van der Waals surface area contributed by atoms with E-state index in [2.05, 4.69) is 15.3 Å². The Morgan fingerprint density at radius 1 is 1.35 bits per heavy atom. The lowest BCUT2D eigenvalue weighted by atomic mass is 10.2. The van der Waals surface area contributed by atoms with Gasteiger partial charge in [-0.1, -0.05) is 6.07 Å². The molecule has 0 aliphatic heterocycles. The number of anilines is 1. The van der Waals surface area contributed by atoms with Gasteiger partial charge in [0.1, 0.15) is 5.69 Å². The molecule has 2 aromatic rings. The molecule has 2 aromatic heterocycles. The standard InChI is InChI=1S/C15H17N3O2/c1-11-9-13(15(20-2)17-10-11)18-14(19)7-6-12-5-3-4-8-16-12/h3-5,8-10H,6-7H2,1-2H3,(H,18,19). The van der Waals surface area contributed by atoms with Gasteiger partial charge in [0.25, 0.3) is 0 Å². The fourth-order valence-corrected chi connectivity index (χ4v) is 1.81. The molecule has 0 unspecified atom stereocenters. The number of hydrogen-bond acceptors (Lipinski definition) is 4. The van der Waals surface area contributed by atoms with Crippen LogP contribution in [0.4, 0.5) is 5.69 Å². The topological polar surface area (TPSA) is 64.1 Å². The van der Waals surface area contributed by atoms with Crippen molar-refractivity contribution in [1.82, 2.24) is 9.97 Å². The molecule has 1 amide bonds. The molecule has 0 bridgehead atoms. The van der Waals surface area contributed by atoms with E-state index >= 15 is 0 Å². The fraction of sp³-hybridized carbons (Fsp3) is 0.267. The van der Waals surface area contributed by atoms with Gasteiger partial charge in [-0.25, -0.2) is 4.98 Å². The minimum atomic E-state index is -0.0821. The van der Waals surface area contributed by atoms with Crippen molar-refractivity contribution in [3.63, 3.8) is 0 Å². The minimum absolute atomic E-state index is 0.0821. The van der Waals surface area contributed by atoms with Gasteiger partial charge in [0.15, 0.2) is 0 Å². The van der Waals surface area contributed by atoms with Gasteiger partial charge in [0, 0.05) is 24.5 Å². The molecule has 0 aromatic carbocycles. The molecule has 2 heterocycles. The summed E-state index contributed by atoms with van der Waals surface area (Å²) in [4.78, 5) is 20.3. The molecule has 0 fully saturated rings. The number of ether oxygens (including phenoxy) is 1. The van der Waals surface area contributed by atoms with Gasteiger partial charge in [-0.3, -0.25) is 9.78 Å². The molecular weight excluding hydrogens is 254 g/mol. The molecule has 0 atom stereocenters. The van der Waals surface area contributed by atoms with Crippen LogP contribution in [0.2, 0.25) is 0 Å². The Bertz CT molecular complexity index is 585. The van der Waals surface area contributed by atoms with Crippen LogP contribution in [0.5, 0.6) is 5.88 Å². The molecule has 0 saturated heterocycles. The van der Waals surface area contributed by atoms with Crippen molar-refractivity contribution in [2.24, 2.45) is 0 Å². The number of aryl methyl sites for hydroxylation is 2. The van der Waals surface area contributed by atoms with Crippen LogP contribution in [-0.4, -0.2) is 23.0 Å². The van der Waals surface area contributed by atoms with Gasteiger partial charge in [0.2, 0.25) is 11.8 Å². The monoisotopic (exact) mass is 271 g/mol. The number of pyridine rings is 2. The minimum Gasteiger partial charge on any atom is -0.480 e. The summed E-state index contributed by atoms with van der Waals surface area (Å²) in [5.41, 5.74) is 2.46. The lowest BCUT2D eigenvalue weighted by molar-refractivity contribution is -0.116. The molecule has 0 aliphatic carbocycles. The van der Waals surface area contributed by atoms with E-state index in [1.165, 1.54) is 7.11 Å². The van der Waals surface area contributed by atoms with Gasteiger partial charge >= 0.3 is 0 Å². The second kappa shape index (κ2) is 6.65. The predicted octanol–water partition coefficient (Wildman–Crippen LogP) is 2.36. The number of carbonyl (C=O) groups excluding carboxylic acids is 1. The average Bonchev–Trinajstić information content (AvgIpc) is 2.46. The maximum absolute atomic E-state index is 11.9. The summed E-state index contributed by atoms with van der Waals surface area (Å²) in [6, 6.07) is 7.51. The highest BCUT2D eigenvalue weighted by Crippen LogP contribution is 2.22. The van der Waals surface area contributed by atoms with E-state index < -0.39 is 0 Å². The first kappa shape index (κ1) is 14.0. The SMILES string of the molecule is COc1ncc(C)cc1NC(=O)CCc1ccccn1. The first-order valence-electron chi connectivity index (χ1n) is 6.39. The highest BCUT2D eigenvalue weighted by atomic mass is 16.5. The van der Waals surface area contributed by atoms with Gasteiger partial charge in [-0.05, 0) is 37.1 Å². The van der Waals surface area contributed by atoms with Crippen LogP contribution in [0, 0.1) is 6.92 Å². The van der Waals surface area contributed by atoms with E-state index in [1.807, 2.05) is 31.2 Å². The zero-order chi connectivity index (χ0) is 14.4. The maximum atomic E-state index is 11.9. The number of carbonyl (C=O) groups is 1. The molecule has 1 N–H and O–H groups in total. The molecular formula is C15H17N3O2. The number of hydrogen-bond donors (Lipinski definition) is 1. The molecule has 0 radical (unpaired) electrons. The van der Waals surface area contributed by atoms with E-state index in [4.69, 9.17) is 4.74 Å². The van der Waals surface area contributed by atoms with Crippen molar-refractivity contribution in [3.8, 4) is 5.88 Å². The molecule has 0 aliphatic rings. The molecule has 20 heavy (non-hydrogen) atoms. The maximum Gasteiger partial charge on any atom is 0.237 e. The third-order valence-corrected chi connectivity index (χ3v) is 2.79. The smallest absolute Gasteiger partial charge is 0.237 e. The Labute approximate surface area is 118 Å². The van der Waals surface area contributed by atoms with E-state index in [0.29, 0.717) is 24.4 Å². The molecule has 104 valence electrons. The van der Waals surface area contributed by atoms with Crippen LogP contribution in [0.3, 0.4) is 0 Å². The lowest BCUT2D eigenvalue weighted by Crippen LogP contribution is -2.14. The van der Waals surface area contributed by atoms with Crippen LogP contribution < -0.4 is 10.1 Å². The second-order valence-corrected chi connectivity index (χ2v) is 4.44. The predicted molar refractivity (Wildman–Crippen MR) is 76.7 cm³/mol. The number of nitrogens with zero attached hydrogens (tertiary/aromatic N) is 2. The van der Waals surface area contributed by atoms with Crippen molar-refractivity contribution in [3.05, 3.63) is 47.9 Å². The Kier molecular flexibility index (Phi) is 4.65. The molecule has 2 rings (SSSR count). The van der Waals surface area contributed by atoms with Crippen molar-refractivity contribution in [2.45, 2.75) is 19.8 Å². The Hall–Kier alpha value is -2.43. The number of methoxy groups -OCH3 is 1. The van der Waals surface area contributed by atoms with Gasteiger partial charge in [0.05, 0.1) is 7.11 Å². The highest BCUT2D eigenvalue weighted by Gasteiger charge is 2.09. The summed E-state index contributed by atoms with van der Waals surface area (Å²) in [6.07, 6.45) is 4.39. The second-order valence-electron chi connectivity index (χ2n) is 4.44. The van der Waals surface area contributed by atoms with E-state index in [0.717, 1.165) is 11.3 Å². The van der Waals surface area contributed by atoms with E-state index in [1.54, 1.807) is 12.4 Å². The van der Waals surface area contributed by atoms with Crippen molar-refractivity contribution in [2.75, 3.05) is 12.4 Å². The number of nitrogens with one attached hydrogen (secondary N) is 1. The first-order valence-corrected chi connectivity index (χ1v) is 6.39. The first-order chi connectivity index (χ1) is 9.69. The molecule has 5 heteroatoms. The molecule has 0 spiro atoms. The Balaban J connectivity index is 1.96. The zero-order valence-electron chi connectivity index (χ0n) is 11.6. The van der Waals surface area contributed by atoms with Gasteiger partial charge in [-0.15, -0.1) is 0 Å². The summed E-state index contributed by atoms with van der Waals surface area (Å²) >= 11 is 0. The lowest BCUT2D eigenvalue weighted by Gasteiger charge is -2.09. The van der Waals surface area contributed by atoms with Crippen LogP contribution in [-0.2, 0) is 11.2 Å². The van der Waals surface area contributed by atoms with Gasteiger partial charge < -0.3 is 10.1 Å². The van der Waals surface area contributed by atoms with E-state index in [9.17, 15) is 4.79 Å². The number of aromatic nitrogens is 2. The zero-order valence-corrected chi connectivity index (χ0v) is 11.6. The normalized spacial score (nSPS) is 10.1. The summed E-state index contributed by atoms with van der Waals surface area (Å²) in [6.45, 7) is 1.91. The molecule has 5 nitrogen and oxygen atoms in total. The van der Waals surface area contributed by atoms with Crippen molar-refractivity contribution < 1.29 is 9.53 Å². The van der Waals surface area contributed by atoms with Crippen LogP contribution in [0.25, 0.3) is 0 Å². The number of amides is 1. The third kappa shape index (κ3) is 3.78. The summed E-state index contributed by atoms with van der Waals surface area (Å²) in [7, 11) is 1.53. The van der Waals surface area contributed by atoms with Crippen LogP contribution >= 0.6 is 0 Å². The fourth-order valence-electron chi connectivity index (χ4n) is 1.81. The Morgan fingerprint density at radius 2 is 2.20 bits per heavy atom. The van der Waals surface area contributed by atoms with Crippen molar-refractivity contribution in [1.29, 1.82) is 0 Å². The third-order valence-electron chi connectivity index (χ3n) is 2.79. The summed E-state index contributed by atoms with van der Waals surface area (Å²) in [5, 5.41) is 2.82. The van der Waals surface area contributed by atoms with Gasteiger partial charge in [-0.2, -0.15) is 0 Å². The van der Waals surface area contributed by atoms with E-state index in [-0.39, 0.29) is 5.91 Å². The van der Waals surface area contributed by atoms with Crippen molar-refractivity contribution >= 4 is 11.6 Å². The molecule has 0 saturated carbocycles. The average molecular weight is 271 g/mol. The number of rotatable bonds is 5. The quantitative estimate of drug-likeness (QED) is 0.906. The Morgan fingerprint density at radius 3 is 2.90 bits per heavy atom. The highest BCUT2D eigenvalue weighted by molar-refractivity contribution is 5.92. The van der Waals surface area contributed by atoms with Crippen LogP contribution in [0.1, 0.15) is 17.7 Å². The summed E-state index contributed by atoms with van der Waals surface area (Å²) in [5.74, 6) is 0.336.